The van der Waals surface area contributed by atoms with E-state index in [1.807, 2.05) is 26.1 Å². The van der Waals surface area contributed by atoms with Gasteiger partial charge in [0.05, 0.1) is 0 Å². The molecule has 2 nitrogen and oxygen atoms in total. The van der Waals surface area contributed by atoms with Crippen LogP contribution in [0.15, 0.2) is 36.0 Å². The number of anilines is 1. The van der Waals surface area contributed by atoms with E-state index >= 15 is 0 Å². The average Bonchev–Trinajstić information content (AvgIpc) is 2.35. The van der Waals surface area contributed by atoms with Crippen LogP contribution in [0, 0.1) is 0 Å². The van der Waals surface area contributed by atoms with Crippen molar-refractivity contribution in [2.75, 3.05) is 5.32 Å². The van der Waals surface area contributed by atoms with E-state index in [0.29, 0.717) is 0 Å². The molecule has 0 atom stereocenters. The predicted molar refractivity (Wildman–Crippen MR) is 74.0 cm³/mol. The molecule has 0 bridgehead atoms. The molecule has 0 aromatic heterocycles. The summed E-state index contributed by atoms with van der Waals surface area (Å²) >= 11 is 0. The first-order chi connectivity index (χ1) is 10.2. The second-order valence-corrected chi connectivity index (χ2v) is 5.87. The van der Waals surface area contributed by atoms with E-state index in [1.54, 1.807) is 12.1 Å². The van der Waals surface area contributed by atoms with Crippen LogP contribution in [0.25, 0.3) is 0 Å². The number of benzene rings is 1. The van der Waals surface area contributed by atoms with Crippen LogP contribution in [0.2, 0.25) is 0 Å². The van der Waals surface area contributed by atoms with Crippen molar-refractivity contribution in [2.45, 2.75) is 38.5 Å². The van der Waals surface area contributed by atoms with Gasteiger partial charge in [-0.3, -0.25) is 4.79 Å². The summed E-state index contributed by atoms with van der Waals surface area (Å²) in [4.78, 5) is 10.8. The lowest BCUT2D eigenvalue weighted by molar-refractivity contribution is -0.165. The van der Waals surface area contributed by atoms with Crippen LogP contribution in [0.4, 0.5) is 32.0 Å². The molecule has 0 aliphatic rings. The quantitative estimate of drug-likeness (QED) is 0.622. The number of ketones is 1. The first kappa shape index (κ1) is 19.1. The van der Waals surface area contributed by atoms with Crippen LogP contribution >= 0.6 is 0 Å². The Labute approximate surface area is 129 Å². The van der Waals surface area contributed by atoms with Crippen LogP contribution in [0.3, 0.4) is 0 Å². The van der Waals surface area contributed by atoms with Crippen molar-refractivity contribution >= 4 is 11.5 Å². The zero-order valence-corrected chi connectivity index (χ0v) is 12.6. The van der Waals surface area contributed by atoms with Crippen molar-refractivity contribution < 1.29 is 31.1 Å². The molecule has 1 N–H and O–H groups in total. The van der Waals surface area contributed by atoms with Crippen LogP contribution in [0.5, 0.6) is 0 Å². The number of halogens is 6. The Hall–Kier alpha value is -1.99. The monoisotopic (exact) mass is 339 g/mol. The minimum Gasteiger partial charge on any atom is -0.351 e. The predicted octanol–water partition coefficient (Wildman–Crippen LogP) is 4.97. The van der Waals surface area contributed by atoms with Crippen LogP contribution in [-0.4, -0.2) is 18.1 Å². The minimum atomic E-state index is -5.37. The molecule has 1 aromatic carbocycles. The standard InChI is InChI=1S/C15H15F6NO/c1-13(2,3)9-4-6-10(7-5-9)22-11(14(16,17)18)8-12(23)15(19,20)21/h4-8,22H,1-3H3/b11-8+. The fourth-order valence-corrected chi connectivity index (χ4v) is 1.61. The van der Waals surface area contributed by atoms with Crippen LogP contribution < -0.4 is 5.32 Å². The maximum atomic E-state index is 12.8. The lowest BCUT2D eigenvalue weighted by atomic mass is 9.87. The lowest BCUT2D eigenvalue weighted by Gasteiger charge is -2.20. The smallest absolute Gasteiger partial charge is 0.351 e. The molecule has 128 valence electrons. The summed E-state index contributed by atoms with van der Waals surface area (Å²) in [6, 6.07) is 5.72. The highest BCUT2D eigenvalue weighted by Crippen LogP contribution is 2.30. The molecule has 0 aliphatic heterocycles. The van der Waals surface area contributed by atoms with E-state index in [4.69, 9.17) is 0 Å². The third-order valence-corrected chi connectivity index (χ3v) is 2.89. The van der Waals surface area contributed by atoms with Crippen LogP contribution in [-0.2, 0) is 10.2 Å². The van der Waals surface area contributed by atoms with Gasteiger partial charge < -0.3 is 5.32 Å². The molecule has 0 radical (unpaired) electrons. The van der Waals surface area contributed by atoms with Crippen LogP contribution in [0.1, 0.15) is 26.3 Å². The van der Waals surface area contributed by atoms with Gasteiger partial charge in [0.25, 0.3) is 5.78 Å². The fourth-order valence-electron chi connectivity index (χ4n) is 1.61. The Morgan fingerprint density at radius 2 is 1.39 bits per heavy atom. The third-order valence-electron chi connectivity index (χ3n) is 2.89. The maximum Gasteiger partial charge on any atom is 0.454 e. The summed E-state index contributed by atoms with van der Waals surface area (Å²) in [7, 11) is 0. The zero-order valence-electron chi connectivity index (χ0n) is 12.6. The Morgan fingerprint density at radius 1 is 0.913 bits per heavy atom. The largest absolute Gasteiger partial charge is 0.454 e. The van der Waals surface area contributed by atoms with Gasteiger partial charge in [-0.1, -0.05) is 32.9 Å². The number of allylic oxidation sites excluding steroid dienone is 2. The Kier molecular flexibility index (Phi) is 5.18. The van der Waals surface area contributed by atoms with Crippen molar-refractivity contribution in [1.82, 2.24) is 0 Å². The second-order valence-electron chi connectivity index (χ2n) is 5.87. The van der Waals surface area contributed by atoms with E-state index in [-0.39, 0.29) is 11.1 Å². The first-order valence-electron chi connectivity index (χ1n) is 6.49. The van der Waals surface area contributed by atoms with E-state index in [0.717, 1.165) is 5.56 Å². The highest BCUT2D eigenvalue weighted by Gasteiger charge is 2.41. The van der Waals surface area contributed by atoms with Crippen molar-refractivity contribution in [3.05, 3.63) is 41.6 Å². The molecule has 0 unspecified atom stereocenters. The first-order valence-corrected chi connectivity index (χ1v) is 6.49. The van der Waals surface area contributed by atoms with Gasteiger partial charge in [0.15, 0.2) is 0 Å². The number of carbonyl (C=O) groups is 1. The Bertz CT molecular complexity index is 590. The van der Waals surface area contributed by atoms with Crippen molar-refractivity contribution in [3.63, 3.8) is 0 Å². The van der Waals surface area contributed by atoms with Gasteiger partial charge in [0.2, 0.25) is 0 Å². The molecule has 0 aliphatic carbocycles. The molecule has 0 spiro atoms. The highest BCUT2D eigenvalue weighted by molar-refractivity contribution is 5.95. The number of hydrogen-bond donors (Lipinski definition) is 1. The number of carbonyl (C=O) groups excluding carboxylic acids is 1. The third kappa shape index (κ3) is 5.61. The molecule has 0 fully saturated rings. The van der Waals surface area contributed by atoms with E-state index in [2.05, 4.69) is 0 Å². The highest BCUT2D eigenvalue weighted by atomic mass is 19.4. The minimum absolute atomic E-state index is 0.0726. The maximum absolute atomic E-state index is 12.8. The number of hydrogen-bond acceptors (Lipinski definition) is 2. The molecular weight excluding hydrogens is 324 g/mol. The summed E-state index contributed by atoms with van der Waals surface area (Å²) in [6.45, 7) is 5.70. The Morgan fingerprint density at radius 3 is 1.74 bits per heavy atom. The molecule has 1 rings (SSSR count). The molecule has 0 amide bonds. The summed E-state index contributed by atoms with van der Waals surface area (Å²) in [5, 5.41) is 1.82. The number of rotatable bonds is 3. The second kappa shape index (κ2) is 6.25. The summed E-state index contributed by atoms with van der Waals surface area (Å²) in [5.41, 5.74) is -1.24. The van der Waals surface area contributed by atoms with E-state index in [9.17, 15) is 31.1 Å². The molecule has 8 heteroatoms. The number of alkyl halides is 6. The van der Waals surface area contributed by atoms with Gasteiger partial charge in [-0.05, 0) is 23.1 Å². The fraction of sp³-hybridized carbons (Fsp3) is 0.400. The van der Waals surface area contributed by atoms with Gasteiger partial charge in [-0.2, -0.15) is 26.3 Å². The topological polar surface area (TPSA) is 29.1 Å². The van der Waals surface area contributed by atoms with Gasteiger partial charge in [0.1, 0.15) is 5.70 Å². The Balaban J connectivity index is 3.09. The average molecular weight is 339 g/mol. The zero-order chi connectivity index (χ0) is 18.1. The summed E-state index contributed by atoms with van der Waals surface area (Å²) in [5.74, 6) is -2.58. The molecule has 0 saturated heterocycles. The molecule has 1 aromatic rings. The van der Waals surface area contributed by atoms with Gasteiger partial charge in [-0.15, -0.1) is 0 Å². The van der Waals surface area contributed by atoms with E-state index in [1.165, 1.54) is 12.1 Å². The summed E-state index contributed by atoms with van der Waals surface area (Å²) < 4.78 is 74.7. The van der Waals surface area contributed by atoms with Gasteiger partial charge >= 0.3 is 12.4 Å². The van der Waals surface area contributed by atoms with Gasteiger partial charge in [0, 0.05) is 11.8 Å². The van der Waals surface area contributed by atoms with E-state index < -0.39 is 29.9 Å². The SMILES string of the molecule is CC(C)(C)c1ccc(N/C(=C/C(=O)C(F)(F)F)C(F)(F)F)cc1. The van der Waals surface area contributed by atoms with Crippen molar-refractivity contribution in [2.24, 2.45) is 0 Å². The molecule has 23 heavy (non-hydrogen) atoms. The molecular formula is C15H15F6NO. The normalized spacial score (nSPS) is 13.9. The van der Waals surface area contributed by atoms with Gasteiger partial charge in [-0.25, -0.2) is 0 Å². The summed E-state index contributed by atoms with van der Waals surface area (Å²) in [6.07, 6.45) is -11.0. The lowest BCUT2D eigenvalue weighted by Crippen LogP contribution is -2.26. The van der Waals surface area contributed by atoms with Crippen molar-refractivity contribution in [1.29, 1.82) is 0 Å². The van der Waals surface area contributed by atoms with Crippen molar-refractivity contribution in [3.8, 4) is 0 Å². The molecule has 0 heterocycles. The number of nitrogens with one attached hydrogen (secondary N) is 1. The molecule has 0 saturated carbocycles.